The lowest BCUT2D eigenvalue weighted by atomic mass is 10.1. The number of hydrogen-bond donors (Lipinski definition) is 1. The number of fused-ring (bicyclic) bond motifs is 1. The third-order valence-electron chi connectivity index (χ3n) is 3.26. The lowest BCUT2D eigenvalue weighted by Gasteiger charge is -2.11. The van der Waals surface area contributed by atoms with E-state index in [1.54, 1.807) is 24.3 Å². The van der Waals surface area contributed by atoms with Gasteiger partial charge in [0.15, 0.2) is 0 Å². The van der Waals surface area contributed by atoms with Crippen LogP contribution in [-0.4, -0.2) is 12.1 Å². The number of nitrogens with zero attached hydrogens (tertiary/aromatic N) is 1. The molecular weight excluding hydrogens is 313 g/mol. The Hall–Kier alpha value is -2.28. The van der Waals surface area contributed by atoms with E-state index in [9.17, 15) is 13.2 Å². The number of pyridine rings is 1. The Morgan fingerprint density at radius 2 is 1.86 bits per heavy atom. The van der Waals surface area contributed by atoms with Gasteiger partial charge < -0.3 is 10.5 Å². The summed E-state index contributed by atoms with van der Waals surface area (Å²) in [6.45, 7) is 0. The predicted molar refractivity (Wildman–Crippen MR) is 81.0 cm³/mol. The highest BCUT2D eigenvalue weighted by Gasteiger charge is 2.34. The average Bonchev–Trinajstić information content (AvgIpc) is 2.87. The number of benzene rings is 1. The molecule has 114 valence electrons. The van der Waals surface area contributed by atoms with Gasteiger partial charge in [-0.1, -0.05) is 0 Å². The van der Waals surface area contributed by atoms with E-state index in [2.05, 4.69) is 4.98 Å². The number of methoxy groups -OCH3 is 1. The minimum Gasteiger partial charge on any atom is -0.497 e. The fourth-order valence-electron chi connectivity index (χ4n) is 2.20. The number of nitrogens with two attached hydrogens (primary N) is 1. The molecule has 0 unspecified atom stereocenters. The van der Waals surface area contributed by atoms with Crippen LogP contribution in [0.1, 0.15) is 5.56 Å². The van der Waals surface area contributed by atoms with Gasteiger partial charge in [-0.05, 0) is 30.3 Å². The summed E-state index contributed by atoms with van der Waals surface area (Å²) in [5, 5.41) is 1.44. The van der Waals surface area contributed by atoms with Crippen LogP contribution >= 0.6 is 11.3 Å². The summed E-state index contributed by atoms with van der Waals surface area (Å²) in [5.74, 6) is 0.626. The largest absolute Gasteiger partial charge is 0.497 e. The number of alkyl halides is 3. The molecule has 0 aliphatic rings. The number of rotatable bonds is 2. The maximum atomic E-state index is 13.3. The van der Waals surface area contributed by atoms with Crippen molar-refractivity contribution in [1.82, 2.24) is 4.98 Å². The molecule has 0 saturated carbocycles. The van der Waals surface area contributed by atoms with Crippen LogP contribution in [0.5, 0.6) is 5.75 Å². The molecule has 1 aromatic carbocycles. The second kappa shape index (κ2) is 5.17. The first-order valence-electron chi connectivity index (χ1n) is 6.29. The molecule has 0 bridgehead atoms. The predicted octanol–water partition coefficient (Wildman–Crippen LogP) is 4.57. The average molecular weight is 324 g/mol. The summed E-state index contributed by atoms with van der Waals surface area (Å²) in [6.07, 6.45) is -4.49. The van der Waals surface area contributed by atoms with Crippen molar-refractivity contribution < 1.29 is 17.9 Å². The van der Waals surface area contributed by atoms with Gasteiger partial charge in [0.25, 0.3) is 0 Å². The normalized spacial score (nSPS) is 11.8. The molecule has 0 spiro atoms. The van der Waals surface area contributed by atoms with Crippen molar-refractivity contribution in [3.05, 3.63) is 41.3 Å². The maximum Gasteiger partial charge on any atom is 0.417 e. The lowest BCUT2D eigenvalue weighted by molar-refractivity contribution is -0.136. The van der Waals surface area contributed by atoms with Crippen LogP contribution < -0.4 is 10.5 Å². The SMILES string of the molecule is COc1ccc(-c2cc(C(F)(F)F)c3c(N)csc3n2)cc1. The lowest BCUT2D eigenvalue weighted by Crippen LogP contribution is -2.07. The molecule has 2 heterocycles. The Morgan fingerprint density at radius 1 is 1.18 bits per heavy atom. The molecule has 22 heavy (non-hydrogen) atoms. The molecular formula is C15H11F3N2OS. The van der Waals surface area contributed by atoms with E-state index in [-0.39, 0.29) is 21.6 Å². The molecule has 0 amide bonds. The first kappa shape index (κ1) is 14.6. The van der Waals surface area contributed by atoms with E-state index in [4.69, 9.17) is 10.5 Å². The molecule has 0 aliphatic heterocycles. The minimum atomic E-state index is -4.49. The highest BCUT2D eigenvalue weighted by Crippen LogP contribution is 2.41. The van der Waals surface area contributed by atoms with Crippen LogP contribution in [0.15, 0.2) is 35.7 Å². The Kier molecular flexibility index (Phi) is 3.44. The van der Waals surface area contributed by atoms with Crippen molar-refractivity contribution in [3.8, 4) is 17.0 Å². The van der Waals surface area contributed by atoms with Crippen molar-refractivity contribution >= 4 is 27.2 Å². The molecule has 0 aliphatic carbocycles. The third kappa shape index (κ3) is 2.48. The van der Waals surface area contributed by atoms with Crippen molar-refractivity contribution in [2.24, 2.45) is 0 Å². The van der Waals surface area contributed by atoms with Crippen LogP contribution in [0.2, 0.25) is 0 Å². The number of anilines is 1. The van der Waals surface area contributed by atoms with E-state index in [1.807, 2.05) is 0 Å². The third-order valence-corrected chi connectivity index (χ3v) is 4.15. The molecule has 3 rings (SSSR count). The summed E-state index contributed by atoms with van der Waals surface area (Å²) in [7, 11) is 1.52. The molecule has 2 aromatic heterocycles. The van der Waals surface area contributed by atoms with E-state index in [0.717, 1.165) is 17.4 Å². The Bertz CT molecular complexity index is 825. The van der Waals surface area contributed by atoms with Crippen LogP contribution in [0, 0.1) is 0 Å². The van der Waals surface area contributed by atoms with Gasteiger partial charge in [0.1, 0.15) is 10.6 Å². The summed E-state index contributed by atoms with van der Waals surface area (Å²) < 4.78 is 44.9. The van der Waals surface area contributed by atoms with E-state index in [0.29, 0.717) is 11.3 Å². The van der Waals surface area contributed by atoms with Crippen molar-refractivity contribution in [2.75, 3.05) is 12.8 Å². The molecule has 0 fully saturated rings. The number of aromatic nitrogens is 1. The smallest absolute Gasteiger partial charge is 0.417 e. The zero-order valence-corrected chi connectivity index (χ0v) is 12.3. The van der Waals surface area contributed by atoms with Crippen LogP contribution in [-0.2, 0) is 6.18 Å². The number of hydrogen-bond acceptors (Lipinski definition) is 4. The molecule has 3 aromatic rings. The number of halogens is 3. The number of thiophene rings is 1. The highest BCUT2D eigenvalue weighted by atomic mass is 32.1. The van der Waals surface area contributed by atoms with Crippen LogP contribution in [0.25, 0.3) is 21.5 Å². The van der Waals surface area contributed by atoms with Crippen molar-refractivity contribution in [2.45, 2.75) is 6.18 Å². The van der Waals surface area contributed by atoms with Gasteiger partial charge in [-0.3, -0.25) is 0 Å². The monoisotopic (exact) mass is 324 g/mol. The van der Waals surface area contributed by atoms with Gasteiger partial charge in [-0.15, -0.1) is 11.3 Å². The highest BCUT2D eigenvalue weighted by molar-refractivity contribution is 7.17. The molecule has 3 nitrogen and oxygen atoms in total. The van der Waals surface area contributed by atoms with Crippen LogP contribution in [0.4, 0.5) is 18.9 Å². The fourth-order valence-corrected chi connectivity index (χ4v) is 3.05. The Balaban J connectivity index is 2.22. The summed E-state index contributed by atoms with van der Waals surface area (Å²) in [4.78, 5) is 4.57. The van der Waals surface area contributed by atoms with Gasteiger partial charge in [0, 0.05) is 16.3 Å². The van der Waals surface area contributed by atoms with Crippen molar-refractivity contribution in [3.63, 3.8) is 0 Å². The van der Waals surface area contributed by atoms with Crippen LogP contribution in [0.3, 0.4) is 0 Å². The molecule has 0 radical (unpaired) electrons. The Labute approximate surface area is 128 Å². The second-order valence-electron chi connectivity index (χ2n) is 4.65. The molecule has 2 N–H and O–H groups in total. The van der Waals surface area contributed by atoms with E-state index >= 15 is 0 Å². The van der Waals surface area contributed by atoms with Gasteiger partial charge in [0.2, 0.25) is 0 Å². The molecule has 0 atom stereocenters. The zero-order chi connectivity index (χ0) is 15.9. The summed E-state index contributed by atoms with van der Waals surface area (Å²) in [5.41, 5.74) is 5.83. The van der Waals surface area contributed by atoms with E-state index in [1.165, 1.54) is 12.5 Å². The first-order valence-corrected chi connectivity index (χ1v) is 7.17. The first-order chi connectivity index (χ1) is 10.4. The van der Waals surface area contributed by atoms with Gasteiger partial charge in [0.05, 0.1) is 24.1 Å². The quantitative estimate of drug-likeness (QED) is 0.751. The van der Waals surface area contributed by atoms with Crippen molar-refractivity contribution in [1.29, 1.82) is 0 Å². The summed E-state index contributed by atoms with van der Waals surface area (Å²) in [6, 6.07) is 7.73. The standard InChI is InChI=1S/C15H11F3N2OS/c1-21-9-4-2-8(3-5-9)12-6-10(15(16,17)18)13-11(19)7-22-14(13)20-12/h2-7H,19H2,1H3. The minimum absolute atomic E-state index is 0.0326. The second-order valence-corrected chi connectivity index (χ2v) is 5.51. The molecule has 0 saturated heterocycles. The fraction of sp³-hybridized carbons (Fsp3) is 0.133. The number of ether oxygens (including phenoxy) is 1. The van der Waals surface area contributed by atoms with E-state index < -0.39 is 11.7 Å². The summed E-state index contributed by atoms with van der Waals surface area (Å²) >= 11 is 1.10. The Morgan fingerprint density at radius 3 is 2.45 bits per heavy atom. The molecule has 7 heteroatoms. The van der Waals surface area contributed by atoms with Gasteiger partial charge in [-0.2, -0.15) is 13.2 Å². The topological polar surface area (TPSA) is 48.1 Å². The van der Waals surface area contributed by atoms with Gasteiger partial charge in [-0.25, -0.2) is 4.98 Å². The zero-order valence-electron chi connectivity index (χ0n) is 11.4. The number of nitrogen functional groups attached to an aromatic ring is 1. The van der Waals surface area contributed by atoms with Gasteiger partial charge >= 0.3 is 6.18 Å². The maximum absolute atomic E-state index is 13.3.